The van der Waals surface area contributed by atoms with Crippen molar-refractivity contribution >= 4 is 10.8 Å². The Bertz CT molecular complexity index is 845. The molecule has 0 spiro atoms. The molecule has 9 heteroatoms. The molecule has 0 aliphatic carbocycles. The number of rotatable bonds is 6. The van der Waals surface area contributed by atoms with Gasteiger partial charge in [-0.15, -0.1) is 0 Å². The van der Waals surface area contributed by atoms with Crippen molar-refractivity contribution in [1.82, 2.24) is 0 Å². The molecule has 8 nitrogen and oxygen atoms in total. The van der Waals surface area contributed by atoms with Crippen LogP contribution in [0, 0.1) is 0 Å². The number of hydrogen-bond donors (Lipinski definition) is 5. The molecule has 3 rings (SSSR count). The topological polar surface area (TPSA) is 137 Å². The van der Waals surface area contributed by atoms with Crippen molar-refractivity contribution in [3.8, 4) is 5.75 Å². The summed E-state index contributed by atoms with van der Waals surface area (Å²) in [5, 5.41) is 50.3. The Balaban J connectivity index is 2.06. The maximum atomic E-state index is 13.2. The Labute approximate surface area is 170 Å². The summed E-state index contributed by atoms with van der Waals surface area (Å²) in [4.78, 5) is 0.142. The molecule has 2 aromatic rings. The fourth-order valence-electron chi connectivity index (χ4n) is 3.37. The van der Waals surface area contributed by atoms with Gasteiger partial charge in [-0.25, -0.2) is 4.21 Å². The zero-order chi connectivity index (χ0) is 21.2. The first-order valence-corrected chi connectivity index (χ1v) is 10.1. The highest BCUT2D eigenvalue weighted by atomic mass is 32.2. The van der Waals surface area contributed by atoms with E-state index in [4.69, 9.17) is 9.47 Å². The van der Waals surface area contributed by atoms with Crippen molar-refractivity contribution in [2.24, 2.45) is 0 Å². The lowest BCUT2D eigenvalue weighted by molar-refractivity contribution is -0.349. The average Bonchev–Trinajstić information content (AvgIpc) is 2.75. The minimum absolute atomic E-state index is 0.142. The molecule has 1 aliphatic rings. The van der Waals surface area contributed by atoms with Gasteiger partial charge in [-0.2, -0.15) is 0 Å². The molecular formula is C20H24O8S. The monoisotopic (exact) mass is 424 g/mol. The summed E-state index contributed by atoms with van der Waals surface area (Å²) in [7, 11) is -0.872. The number of benzene rings is 2. The van der Waals surface area contributed by atoms with Gasteiger partial charge in [0, 0.05) is 11.3 Å². The predicted octanol–water partition coefficient (Wildman–Crippen LogP) is -0.464. The van der Waals surface area contributed by atoms with E-state index in [1.807, 2.05) is 0 Å². The van der Waals surface area contributed by atoms with Gasteiger partial charge in [0.25, 0.3) is 5.12 Å². The summed E-state index contributed by atoms with van der Waals surface area (Å²) in [5.74, 6) is 0.560. The van der Waals surface area contributed by atoms with Crippen LogP contribution in [0.15, 0.2) is 59.5 Å². The van der Waals surface area contributed by atoms with Crippen LogP contribution in [0.2, 0.25) is 0 Å². The lowest BCUT2D eigenvalue weighted by Crippen LogP contribution is -2.75. The minimum Gasteiger partial charge on any atom is -0.497 e. The van der Waals surface area contributed by atoms with E-state index < -0.39 is 46.4 Å². The number of hydrogen-bond acceptors (Lipinski definition) is 8. The first kappa shape index (κ1) is 21.8. The summed E-state index contributed by atoms with van der Waals surface area (Å²) in [5.41, 5.74) is -2.08. The zero-order valence-electron chi connectivity index (χ0n) is 15.7. The normalized spacial score (nSPS) is 33.2. The van der Waals surface area contributed by atoms with Crippen LogP contribution in [0.25, 0.3) is 0 Å². The Morgan fingerprint density at radius 1 is 1.07 bits per heavy atom. The third-order valence-corrected chi connectivity index (χ3v) is 6.73. The fraction of sp³-hybridized carbons (Fsp3) is 0.400. The second-order valence-corrected chi connectivity index (χ2v) is 8.45. The molecule has 1 heterocycles. The minimum atomic E-state index is -2.81. The van der Waals surface area contributed by atoms with Crippen molar-refractivity contribution in [2.75, 3.05) is 13.7 Å². The van der Waals surface area contributed by atoms with Gasteiger partial charge in [0.2, 0.25) is 0 Å². The van der Waals surface area contributed by atoms with Crippen LogP contribution in [0.5, 0.6) is 5.75 Å². The summed E-state index contributed by atoms with van der Waals surface area (Å²) in [6.45, 7) is -0.759. The first-order valence-electron chi connectivity index (χ1n) is 8.96. The van der Waals surface area contributed by atoms with Crippen molar-refractivity contribution in [3.05, 3.63) is 60.2 Å². The molecule has 158 valence electrons. The molecule has 0 saturated carbocycles. The molecule has 0 aromatic heterocycles. The Morgan fingerprint density at radius 2 is 1.69 bits per heavy atom. The fourth-order valence-corrected chi connectivity index (χ4v) is 4.82. The number of aliphatic hydroxyl groups excluding tert-OH is 3. The van der Waals surface area contributed by atoms with Crippen LogP contribution in [0.4, 0.5) is 0 Å². The molecule has 1 aliphatic heterocycles. The highest BCUT2D eigenvalue weighted by Crippen LogP contribution is 2.43. The van der Waals surface area contributed by atoms with Gasteiger partial charge >= 0.3 is 0 Å². The smallest absolute Gasteiger partial charge is 0.282 e. The SMILES string of the molecule is COc1ccc(C[C@@]2(O)[C@@H](O)[C@@H](O)[C@@H](CO)O[C@@]2(O)S(=O)c2ccccc2)cc1. The summed E-state index contributed by atoms with van der Waals surface area (Å²) in [6, 6.07) is 14.2. The average molecular weight is 424 g/mol. The maximum absolute atomic E-state index is 13.2. The van der Waals surface area contributed by atoms with Crippen molar-refractivity contribution in [3.63, 3.8) is 0 Å². The van der Waals surface area contributed by atoms with E-state index >= 15 is 0 Å². The molecule has 1 saturated heterocycles. The zero-order valence-corrected chi connectivity index (χ0v) is 16.5. The highest BCUT2D eigenvalue weighted by molar-refractivity contribution is 7.86. The number of methoxy groups -OCH3 is 1. The van der Waals surface area contributed by atoms with Crippen molar-refractivity contribution in [1.29, 1.82) is 0 Å². The molecule has 2 aromatic carbocycles. The lowest BCUT2D eigenvalue weighted by atomic mass is 9.81. The van der Waals surface area contributed by atoms with Gasteiger partial charge in [0.15, 0.2) is 5.60 Å². The van der Waals surface area contributed by atoms with Crippen LogP contribution in [0.1, 0.15) is 5.56 Å². The van der Waals surface area contributed by atoms with E-state index in [9.17, 15) is 29.7 Å². The van der Waals surface area contributed by atoms with Gasteiger partial charge in [0.1, 0.15) is 34.9 Å². The van der Waals surface area contributed by atoms with Crippen LogP contribution >= 0.6 is 0 Å². The summed E-state index contributed by atoms with van der Waals surface area (Å²) in [6.07, 6.45) is -5.49. The molecule has 6 atom stereocenters. The van der Waals surface area contributed by atoms with Crippen molar-refractivity contribution < 1.29 is 39.2 Å². The Morgan fingerprint density at radius 3 is 2.24 bits per heavy atom. The van der Waals surface area contributed by atoms with E-state index in [0.717, 1.165) is 0 Å². The second-order valence-electron chi connectivity index (χ2n) is 6.89. The summed E-state index contributed by atoms with van der Waals surface area (Å²) < 4.78 is 23.7. The van der Waals surface area contributed by atoms with Gasteiger partial charge in [0.05, 0.1) is 13.7 Å². The molecule has 0 radical (unpaired) electrons. The van der Waals surface area contributed by atoms with E-state index in [1.165, 1.54) is 19.2 Å². The Kier molecular flexibility index (Phi) is 6.39. The predicted molar refractivity (Wildman–Crippen MR) is 103 cm³/mol. The van der Waals surface area contributed by atoms with Crippen molar-refractivity contribution in [2.45, 2.75) is 40.3 Å². The third-order valence-electron chi connectivity index (χ3n) is 5.07. The van der Waals surface area contributed by atoms with E-state index in [2.05, 4.69) is 0 Å². The van der Waals surface area contributed by atoms with Gasteiger partial charge in [-0.3, -0.25) is 0 Å². The molecule has 29 heavy (non-hydrogen) atoms. The molecular weight excluding hydrogens is 400 g/mol. The highest BCUT2D eigenvalue weighted by Gasteiger charge is 2.66. The second kappa shape index (κ2) is 8.49. The number of ether oxygens (including phenoxy) is 2. The molecule has 5 N–H and O–H groups in total. The Hall–Kier alpha value is -1.85. The van der Waals surface area contributed by atoms with E-state index in [-0.39, 0.29) is 11.3 Å². The lowest BCUT2D eigenvalue weighted by Gasteiger charge is -2.52. The molecule has 0 amide bonds. The van der Waals surface area contributed by atoms with Crippen LogP contribution in [-0.2, 0) is 22.0 Å². The first-order chi connectivity index (χ1) is 13.8. The quantitative estimate of drug-likeness (QED) is 0.420. The largest absolute Gasteiger partial charge is 0.497 e. The number of aliphatic hydroxyl groups is 5. The van der Waals surface area contributed by atoms with Gasteiger partial charge in [-0.1, -0.05) is 30.3 Å². The van der Waals surface area contributed by atoms with E-state index in [0.29, 0.717) is 11.3 Å². The molecule has 1 fully saturated rings. The third kappa shape index (κ3) is 3.82. The van der Waals surface area contributed by atoms with Crippen LogP contribution < -0.4 is 4.74 Å². The summed E-state index contributed by atoms with van der Waals surface area (Å²) >= 11 is 0. The molecule has 1 unspecified atom stereocenters. The molecule has 0 bridgehead atoms. The standard InChI is InChI=1S/C20H24O8S/c1-27-14-9-7-13(8-10-14)11-19(24)18(23)17(22)16(12-21)28-20(19,25)29(26)15-5-3-2-4-6-15/h2-10,16-18,21-25H,11-12H2,1H3/t16-,17+,18+,19-,20-,29?/m1/s1. The van der Waals surface area contributed by atoms with Gasteiger partial charge < -0.3 is 35.0 Å². The van der Waals surface area contributed by atoms with E-state index in [1.54, 1.807) is 42.5 Å². The van der Waals surface area contributed by atoms with Crippen LogP contribution in [-0.4, -0.2) is 72.5 Å². The van der Waals surface area contributed by atoms with Crippen LogP contribution in [0.3, 0.4) is 0 Å². The van der Waals surface area contributed by atoms with Gasteiger partial charge in [-0.05, 0) is 29.8 Å². The maximum Gasteiger partial charge on any atom is 0.282 e.